The molecular formula is C11H8N4O4. The second kappa shape index (κ2) is 5.08. The van der Waals surface area contributed by atoms with E-state index in [1.165, 1.54) is 30.9 Å². The largest absolute Gasteiger partial charge is 0.476 e. The molecular weight excluding hydrogens is 252 g/mol. The van der Waals surface area contributed by atoms with Gasteiger partial charge in [-0.15, -0.1) is 0 Å². The van der Waals surface area contributed by atoms with E-state index < -0.39 is 23.0 Å². The Bertz CT molecular complexity index is 695. The summed E-state index contributed by atoms with van der Waals surface area (Å²) in [5.41, 5.74) is -1.04. The van der Waals surface area contributed by atoms with Gasteiger partial charge in [0.25, 0.3) is 5.91 Å². The van der Waals surface area contributed by atoms with Gasteiger partial charge in [-0.25, -0.2) is 14.8 Å². The first-order valence-electron chi connectivity index (χ1n) is 5.12. The summed E-state index contributed by atoms with van der Waals surface area (Å²) >= 11 is 0. The standard InChI is InChI=1S/C11H8N4O4/c16-7-1-2-12-5-6(7)10(17)15-9-8(11(18)19)13-3-4-14-9/h1-5H,(H,12,16)(H,18,19)(H,14,15,17). The first-order chi connectivity index (χ1) is 9.09. The van der Waals surface area contributed by atoms with Crippen molar-refractivity contribution < 1.29 is 14.7 Å². The smallest absolute Gasteiger partial charge is 0.358 e. The second-order valence-corrected chi connectivity index (χ2v) is 3.44. The molecule has 0 aromatic carbocycles. The van der Waals surface area contributed by atoms with E-state index in [0.29, 0.717) is 0 Å². The van der Waals surface area contributed by atoms with E-state index in [1.807, 2.05) is 0 Å². The van der Waals surface area contributed by atoms with Crippen LogP contribution in [0.1, 0.15) is 20.8 Å². The number of carboxylic acids is 1. The van der Waals surface area contributed by atoms with Crippen LogP contribution >= 0.6 is 0 Å². The summed E-state index contributed by atoms with van der Waals surface area (Å²) in [5, 5.41) is 11.1. The Morgan fingerprint density at radius 1 is 1.26 bits per heavy atom. The van der Waals surface area contributed by atoms with Crippen molar-refractivity contribution >= 4 is 17.7 Å². The third kappa shape index (κ3) is 2.63. The number of H-pyrrole nitrogens is 1. The van der Waals surface area contributed by atoms with Crippen molar-refractivity contribution in [3.63, 3.8) is 0 Å². The number of carbonyl (C=O) groups excluding carboxylic acids is 1. The van der Waals surface area contributed by atoms with Crippen molar-refractivity contribution in [1.82, 2.24) is 15.0 Å². The van der Waals surface area contributed by atoms with Crippen LogP contribution in [0.25, 0.3) is 0 Å². The third-order valence-electron chi connectivity index (χ3n) is 2.20. The van der Waals surface area contributed by atoms with Gasteiger partial charge in [-0.1, -0.05) is 0 Å². The third-order valence-corrected chi connectivity index (χ3v) is 2.20. The Morgan fingerprint density at radius 2 is 2.00 bits per heavy atom. The van der Waals surface area contributed by atoms with Gasteiger partial charge in [0.05, 0.1) is 0 Å². The highest BCUT2D eigenvalue weighted by molar-refractivity contribution is 6.06. The molecule has 0 atom stereocenters. The molecule has 96 valence electrons. The number of pyridine rings is 1. The predicted molar refractivity (Wildman–Crippen MR) is 64.0 cm³/mol. The molecule has 0 spiro atoms. The molecule has 1 amide bonds. The molecule has 0 saturated carbocycles. The zero-order valence-electron chi connectivity index (χ0n) is 9.45. The van der Waals surface area contributed by atoms with Crippen molar-refractivity contribution in [2.24, 2.45) is 0 Å². The molecule has 2 rings (SSSR count). The molecule has 3 N–H and O–H groups in total. The minimum atomic E-state index is -1.33. The molecule has 8 heteroatoms. The minimum Gasteiger partial charge on any atom is -0.476 e. The van der Waals surface area contributed by atoms with Crippen LogP contribution in [0, 0.1) is 0 Å². The Labute approximate surface area is 106 Å². The summed E-state index contributed by atoms with van der Waals surface area (Å²) in [5.74, 6) is -2.31. The Kier molecular flexibility index (Phi) is 3.33. The second-order valence-electron chi connectivity index (χ2n) is 3.44. The van der Waals surface area contributed by atoms with Gasteiger partial charge >= 0.3 is 5.97 Å². The lowest BCUT2D eigenvalue weighted by molar-refractivity contribution is 0.0691. The lowest BCUT2D eigenvalue weighted by atomic mass is 10.2. The van der Waals surface area contributed by atoms with Gasteiger partial charge in [0, 0.05) is 30.9 Å². The average Bonchev–Trinajstić information content (AvgIpc) is 2.39. The van der Waals surface area contributed by atoms with Crippen molar-refractivity contribution in [3.05, 3.63) is 52.3 Å². The number of carbonyl (C=O) groups is 2. The van der Waals surface area contributed by atoms with Crippen molar-refractivity contribution in [2.45, 2.75) is 0 Å². The van der Waals surface area contributed by atoms with Crippen molar-refractivity contribution in [1.29, 1.82) is 0 Å². The fourth-order valence-corrected chi connectivity index (χ4v) is 1.35. The predicted octanol–water partition coefficient (Wildman–Crippen LogP) is 0.115. The maximum Gasteiger partial charge on any atom is 0.358 e. The molecule has 19 heavy (non-hydrogen) atoms. The molecule has 0 fully saturated rings. The summed E-state index contributed by atoms with van der Waals surface area (Å²) in [6, 6.07) is 1.18. The molecule has 0 bridgehead atoms. The summed E-state index contributed by atoms with van der Waals surface area (Å²) < 4.78 is 0. The molecule has 2 heterocycles. The summed E-state index contributed by atoms with van der Waals surface area (Å²) in [7, 11) is 0. The lowest BCUT2D eigenvalue weighted by Gasteiger charge is -2.05. The average molecular weight is 260 g/mol. The Balaban J connectivity index is 2.33. The normalized spacial score (nSPS) is 9.89. The fraction of sp³-hybridized carbons (Fsp3) is 0. The highest BCUT2D eigenvalue weighted by Gasteiger charge is 2.17. The molecule has 2 aromatic rings. The number of aromatic amines is 1. The number of aromatic carboxylic acids is 1. The number of nitrogens with one attached hydrogen (secondary N) is 2. The fourth-order valence-electron chi connectivity index (χ4n) is 1.35. The highest BCUT2D eigenvalue weighted by atomic mass is 16.4. The number of anilines is 1. The summed E-state index contributed by atoms with van der Waals surface area (Å²) in [4.78, 5) is 44.0. The quantitative estimate of drug-likeness (QED) is 0.719. The maximum absolute atomic E-state index is 11.8. The maximum atomic E-state index is 11.8. The number of nitrogens with zero attached hydrogens (tertiary/aromatic N) is 2. The van der Waals surface area contributed by atoms with Crippen molar-refractivity contribution in [3.8, 4) is 0 Å². The van der Waals surface area contributed by atoms with E-state index in [4.69, 9.17) is 5.11 Å². The van der Waals surface area contributed by atoms with Gasteiger partial charge in [-0.2, -0.15) is 0 Å². The number of aromatic nitrogens is 3. The van der Waals surface area contributed by atoms with Crippen LogP contribution in [0.3, 0.4) is 0 Å². The van der Waals surface area contributed by atoms with Crippen LogP contribution in [0.4, 0.5) is 5.82 Å². The van der Waals surface area contributed by atoms with E-state index in [2.05, 4.69) is 20.3 Å². The van der Waals surface area contributed by atoms with Crippen LogP contribution in [-0.2, 0) is 0 Å². The van der Waals surface area contributed by atoms with Crippen LogP contribution in [0.5, 0.6) is 0 Å². The van der Waals surface area contributed by atoms with Crippen LogP contribution in [0.15, 0.2) is 35.6 Å². The molecule has 0 saturated heterocycles. The van der Waals surface area contributed by atoms with Gasteiger partial charge in [0.2, 0.25) is 0 Å². The van der Waals surface area contributed by atoms with Crippen LogP contribution < -0.4 is 10.7 Å². The molecule has 0 unspecified atom stereocenters. The Morgan fingerprint density at radius 3 is 2.68 bits per heavy atom. The first kappa shape index (κ1) is 12.4. The number of amides is 1. The lowest BCUT2D eigenvalue weighted by Crippen LogP contribution is -2.23. The van der Waals surface area contributed by atoms with E-state index in [1.54, 1.807) is 0 Å². The van der Waals surface area contributed by atoms with Crippen LogP contribution in [-0.4, -0.2) is 31.9 Å². The number of hydrogen-bond donors (Lipinski definition) is 3. The van der Waals surface area contributed by atoms with E-state index in [0.717, 1.165) is 0 Å². The topological polar surface area (TPSA) is 125 Å². The van der Waals surface area contributed by atoms with Gasteiger partial charge in [0.15, 0.2) is 16.9 Å². The van der Waals surface area contributed by atoms with Gasteiger partial charge in [-0.3, -0.25) is 9.59 Å². The van der Waals surface area contributed by atoms with E-state index in [-0.39, 0.29) is 11.4 Å². The van der Waals surface area contributed by atoms with E-state index >= 15 is 0 Å². The number of hydrogen-bond acceptors (Lipinski definition) is 5. The zero-order chi connectivity index (χ0) is 13.8. The molecule has 0 aliphatic carbocycles. The van der Waals surface area contributed by atoms with Gasteiger partial charge < -0.3 is 15.4 Å². The van der Waals surface area contributed by atoms with Gasteiger partial charge in [0.1, 0.15) is 5.56 Å². The SMILES string of the molecule is O=C(O)c1nccnc1NC(=O)c1c[nH]ccc1=O. The first-order valence-corrected chi connectivity index (χ1v) is 5.12. The monoisotopic (exact) mass is 260 g/mol. The Hall–Kier alpha value is -3.03. The summed E-state index contributed by atoms with van der Waals surface area (Å²) in [6.07, 6.45) is 5.02. The molecule has 8 nitrogen and oxygen atoms in total. The number of carboxylic acid groups (broad SMARTS) is 1. The number of rotatable bonds is 3. The molecule has 0 aliphatic heterocycles. The summed E-state index contributed by atoms with van der Waals surface area (Å²) in [6.45, 7) is 0. The van der Waals surface area contributed by atoms with Crippen LogP contribution in [0.2, 0.25) is 0 Å². The minimum absolute atomic E-state index is 0.149. The molecule has 2 aromatic heterocycles. The molecule has 0 radical (unpaired) electrons. The highest BCUT2D eigenvalue weighted by Crippen LogP contribution is 2.08. The van der Waals surface area contributed by atoms with Gasteiger partial charge in [-0.05, 0) is 0 Å². The van der Waals surface area contributed by atoms with E-state index in [9.17, 15) is 14.4 Å². The zero-order valence-corrected chi connectivity index (χ0v) is 9.45. The van der Waals surface area contributed by atoms with Crippen molar-refractivity contribution in [2.75, 3.05) is 5.32 Å². The molecule has 0 aliphatic rings.